The highest BCUT2D eigenvalue weighted by molar-refractivity contribution is 5.29. The summed E-state index contributed by atoms with van der Waals surface area (Å²) in [4.78, 5) is 0. The van der Waals surface area contributed by atoms with Gasteiger partial charge in [0.25, 0.3) is 0 Å². The molecule has 2 atom stereocenters. The number of aliphatic hydroxyl groups is 1. The van der Waals surface area contributed by atoms with Gasteiger partial charge in [0.1, 0.15) is 11.5 Å². The zero-order valence-corrected chi connectivity index (χ0v) is 14.0. The van der Waals surface area contributed by atoms with Crippen LogP contribution in [0.5, 0.6) is 5.75 Å². The number of hydrogen-bond acceptors (Lipinski definition) is 4. The van der Waals surface area contributed by atoms with Crippen molar-refractivity contribution in [1.29, 1.82) is 0 Å². The molecule has 1 aromatic carbocycles. The van der Waals surface area contributed by atoms with Gasteiger partial charge in [-0.2, -0.15) is 0 Å². The molecule has 0 unspecified atom stereocenters. The van der Waals surface area contributed by atoms with Gasteiger partial charge in [-0.1, -0.05) is 26.0 Å². The first kappa shape index (κ1) is 16.1. The first-order chi connectivity index (χ1) is 11.0. The van der Waals surface area contributed by atoms with Gasteiger partial charge in [-0.15, -0.1) is 0 Å². The second kappa shape index (κ2) is 6.38. The van der Waals surface area contributed by atoms with Crippen molar-refractivity contribution in [3.05, 3.63) is 53.5 Å². The van der Waals surface area contributed by atoms with Crippen molar-refractivity contribution in [1.82, 2.24) is 5.32 Å². The van der Waals surface area contributed by atoms with E-state index in [1.54, 1.807) is 13.4 Å². The van der Waals surface area contributed by atoms with E-state index < -0.39 is 6.10 Å². The molecule has 4 heteroatoms. The monoisotopic (exact) mass is 315 g/mol. The first-order valence-corrected chi connectivity index (χ1v) is 8.10. The van der Waals surface area contributed by atoms with Crippen molar-refractivity contribution in [2.24, 2.45) is 5.41 Å². The van der Waals surface area contributed by atoms with Crippen LogP contribution in [-0.4, -0.2) is 18.8 Å². The third kappa shape index (κ3) is 3.59. The molecule has 0 aliphatic heterocycles. The van der Waals surface area contributed by atoms with Crippen molar-refractivity contribution in [2.75, 3.05) is 13.7 Å². The Kier molecular flexibility index (Phi) is 4.46. The van der Waals surface area contributed by atoms with Crippen LogP contribution in [-0.2, 0) is 6.42 Å². The number of furan rings is 1. The number of nitrogens with one attached hydrogen (secondary N) is 1. The lowest BCUT2D eigenvalue weighted by Crippen LogP contribution is -2.34. The minimum Gasteiger partial charge on any atom is -0.497 e. The van der Waals surface area contributed by atoms with Crippen LogP contribution in [0.25, 0.3) is 0 Å². The Morgan fingerprint density at radius 3 is 2.74 bits per heavy atom. The zero-order valence-electron chi connectivity index (χ0n) is 14.0. The van der Waals surface area contributed by atoms with Crippen LogP contribution >= 0.6 is 0 Å². The fourth-order valence-electron chi connectivity index (χ4n) is 3.35. The minimum absolute atomic E-state index is 0.202. The van der Waals surface area contributed by atoms with Gasteiger partial charge in [0, 0.05) is 24.6 Å². The number of aliphatic hydroxyl groups excluding tert-OH is 1. The number of benzene rings is 1. The van der Waals surface area contributed by atoms with Gasteiger partial charge in [0.2, 0.25) is 0 Å². The molecule has 0 bridgehead atoms. The third-order valence-electron chi connectivity index (χ3n) is 4.61. The Morgan fingerprint density at radius 2 is 2.04 bits per heavy atom. The molecule has 0 radical (unpaired) electrons. The molecule has 0 spiro atoms. The summed E-state index contributed by atoms with van der Waals surface area (Å²) < 4.78 is 10.8. The van der Waals surface area contributed by atoms with Gasteiger partial charge in [-0.05, 0) is 35.6 Å². The maximum atomic E-state index is 10.4. The molecular formula is C19H25NO3. The molecule has 2 N–H and O–H groups in total. The van der Waals surface area contributed by atoms with Crippen molar-refractivity contribution in [3.8, 4) is 5.75 Å². The average molecular weight is 315 g/mol. The molecule has 0 amide bonds. The normalized spacial score (nSPS) is 20.8. The lowest BCUT2D eigenvalue weighted by molar-refractivity contribution is 0.157. The van der Waals surface area contributed by atoms with E-state index in [1.165, 1.54) is 5.56 Å². The van der Waals surface area contributed by atoms with Crippen molar-refractivity contribution in [2.45, 2.75) is 38.8 Å². The summed E-state index contributed by atoms with van der Waals surface area (Å²) in [5.74, 6) is 1.86. The molecule has 2 aromatic rings. The Balaban J connectivity index is 1.65. The highest BCUT2D eigenvalue weighted by Gasteiger charge is 2.34. The Hall–Kier alpha value is -1.78. The minimum atomic E-state index is -0.540. The maximum absolute atomic E-state index is 10.4. The predicted molar refractivity (Wildman–Crippen MR) is 89.5 cm³/mol. The maximum Gasteiger partial charge on any atom is 0.118 e. The van der Waals surface area contributed by atoms with Crippen LogP contribution in [0.4, 0.5) is 0 Å². The van der Waals surface area contributed by atoms with E-state index in [1.807, 2.05) is 30.3 Å². The summed E-state index contributed by atoms with van der Waals surface area (Å²) in [6, 6.07) is 9.81. The highest BCUT2D eigenvalue weighted by Crippen LogP contribution is 2.41. The van der Waals surface area contributed by atoms with Crippen LogP contribution in [0.3, 0.4) is 0 Å². The molecule has 0 saturated carbocycles. The van der Waals surface area contributed by atoms with Gasteiger partial charge in [-0.3, -0.25) is 0 Å². The lowest BCUT2D eigenvalue weighted by Gasteiger charge is -2.35. The number of ether oxygens (including phenoxy) is 1. The summed E-state index contributed by atoms with van der Waals surface area (Å²) in [6.07, 6.45) is 3.23. The summed E-state index contributed by atoms with van der Waals surface area (Å²) in [7, 11) is 1.64. The molecule has 3 rings (SSSR count). The molecule has 23 heavy (non-hydrogen) atoms. The van der Waals surface area contributed by atoms with E-state index in [2.05, 4.69) is 19.2 Å². The molecule has 1 aliphatic carbocycles. The standard InChI is InChI=1S/C19H25NO3/c1-19(2)10-16(15-8-9-23-18(15)11-19)20-12-17(21)13-4-6-14(22-3)7-5-13/h4-9,16-17,20-21H,10-12H2,1-3H3/t16-,17-/m0/s1. The number of rotatable bonds is 5. The molecule has 0 saturated heterocycles. The van der Waals surface area contributed by atoms with Gasteiger partial charge in [0.15, 0.2) is 0 Å². The fraction of sp³-hybridized carbons (Fsp3) is 0.474. The van der Waals surface area contributed by atoms with Gasteiger partial charge < -0.3 is 19.6 Å². The van der Waals surface area contributed by atoms with E-state index in [9.17, 15) is 5.11 Å². The number of fused-ring (bicyclic) bond motifs is 1. The van der Waals surface area contributed by atoms with Crippen LogP contribution in [0.2, 0.25) is 0 Å². The Morgan fingerprint density at radius 1 is 1.30 bits per heavy atom. The second-order valence-electron chi connectivity index (χ2n) is 7.09. The predicted octanol–water partition coefficient (Wildman–Crippen LogP) is 3.62. The molecule has 124 valence electrons. The Labute approximate surface area is 137 Å². The molecule has 1 heterocycles. The highest BCUT2D eigenvalue weighted by atomic mass is 16.5. The smallest absolute Gasteiger partial charge is 0.118 e. The van der Waals surface area contributed by atoms with E-state index in [0.717, 1.165) is 29.9 Å². The molecule has 1 aliphatic rings. The van der Waals surface area contributed by atoms with Crippen LogP contribution < -0.4 is 10.1 Å². The lowest BCUT2D eigenvalue weighted by atomic mass is 9.75. The van der Waals surface area contributed by atoms with Gasteiger partial charge in [-0.25, -0.2) is 0 Å². The third-order valence-corrected chi connectivity index (χ3v) is 4.61. The van der Waals surface area contributed by atoms with Crippen molar-refractivity contribution >= 4 is 0 Å². The van der Waals surface area contributed by atoms with Gasteiger partial charge >= 0.3 is 0 Å². The quantitative estimate of drug-likeness (QED) is 0.885. The molecule has 4 nitrogen and oxygen atoms in total. The largest absolute Gasteiger partial charge is 0.497 e. The zero-order chi connectivity index (χ0) is 16.4. The average Bonchev–Trinajstić information content (AvgIpc) is 2.99. The fourth-order valence-corrected chi connectivity index (χ4v) is 3.35. The topological polar surface area (TPSA) is 54.6 Å². The molecule has 1 aromatic heterocycles. The van der Waals surface area contributed by atoms with Crippen LogP contribution in [0, 0.1) is 5.41 Å². The van der Waals surface area contributed by atoms with E-state index >= 15 is 0 Å². The van der Waals surface area contributed by atoms with Crippen molar-refractivity contribution in [3.63, 3.8) is 0 Å². The van der Waals surface area contributed by atoms with Gasteiger partial charge in [0.05, 0.1) is 19.5 Å². The number of hydrogen-bond donors (Lipinski definition) is 2. The number of methoxy groups -OCH3 is 1. The SMILES string of the molecule is COc1ccc([C@@H](O)CN[C@H]2CC(C)(C)Cc3occc32)cc1. The van der Waals surface area contributed by atoms with Crippen LogP contribution in [0.1, 0.15) is 49.3 Å². The first-order valence-electron chi connectivity index (χ1n) is 8.10. The van der Waals surface area contributed by atoms with E-state index in [4.69, 9.17) is 9.15 Å². The van der Waals surface area contributed by atoms with E-state index in [0.29, 0.717) is 6.54 Å². The molecular weight excluding hydrogens is 290 g/mol. The summed E-state index contributed by atoms with van der Waals surface area (Å²) in [5, 5.41) is 13.9. The second-order valence-corrected chi connectivity index (χ2v) is 7.09. The summed E-state index contributed by atoms with van der Waals surface area (Å²) in [6.45, 7) is 5.03. The summed E-state index contributed by atoms with van der Waals surface area (Å²) >= 11 is 0. The Bertz CT molecular complexity index is 645. The van der Waals surface area contributed by atoms with Crippen molar-refractivity contribution < 1.29 is 14.3 Å². The summed E-state index contributed by atoms with van der Waals surface area (Å²) in [5.41, 5.74) is 2.32. The van der Waals surface area contributed by atoms with E-state index in [-0.39, 0.29) is 11.5 Å². The molecule has 0 fully saturated rings. The van der Waals surface area contributed by atoms with Crippen LogP contribution in [0.15, 0.2) is 41.0 Å².